The quantitative estimate of drug-likeness (QED) is 0.908. The van der Waals surface area contributed by atoms with Crippen LogP contribution in [0.4, 0.5) is 0 Å². The molecule has 0 bridgehead atoms. The number of nitrogens with zero attached hydrogens (tertiary/aromatic N) is 1. The van der Waals surface area contributed by atoms with E-state index in [1.54, 1.807) is 13.3 Å². The monoisotopic (exact) mass is 295 g/mol. The molecule has 0 aliphatic carbocycles. The van der Waals surface area contributed by atoms with Gasteiger partial charge in [0.05, 0.1) is 19.0 Å². The molecule has 0 atom stereocenters. The van der Waals surface area contributed by atoms with Crippen LogP contribution in [0.15, 0.2) is 28.9 Å². The number of carbonyl (C=O) groups is 1. The molecule has 0 fully saturated rings. The Bertz CT molecular complexity index is 566. The van der Waals surface area contributed by atoms with Crippen molar-refractivity contribution >= 4 is 21.8 Å². The first-order valence-electron chi connectivity index (χ1n) is 4.80. The number of nitrogens with two attached hydrogens (primary N) is 1. The second-order valence-corrected chi connectivity index (χ2v) is 4.27. The van der Waals surface area contributed by atoms with Crippen LogP contribution in [0.25, 0.3) is 11.3 Å². The maximum Gasteiger partial charge on any atom is 0.284 e. The Labute approximate surface area is 106 Å². The Balaban J connectivity index is 2.51. The lowest BCUT2D eigenvalue weighted by Gasteiger charge is -2.06. The molecule has 0 unspecified atom stereocenters. The molecule has 0 saturated carbocycles. The minimum Gasteiger partial charge on any atom is -0.496 e. The van der Waals surface area contributed by atoms with Gasteiger partial charge in [0, 0.05) is 10.0 Å². The Hall–Kier alpha value is -1.82. The van der Waals surface area contributed by atoms with E-state index in [9.17, 15) is 4.79 Å². The fourth-order valence-electron chi connectivity index (χ4n) is 1.47. The van der Waals surface area contributed by atoms with E-state index in [2.05, 4.69) is 25.9 Å². The van der Waals surface area contributed by atoms with Crippen LogP contribution < -0.4 is 10.5 Å². The van der Waals surface area contributed by atoms with E-state index >= 15 is 0 Å². The number of primary amides is 1. The molecule has 0 saturated heterocycles. The van der Waals surface area contributed by atoms with Gasteiger partial charge < -0.3 is 15.5 Å². The topological polar surface area (TPSA) is 81.0 Å². The Kier molecular flexibility index (Phi) is 3.14. The molecule has 1 aromatic heterocycles. The molecule has 0 aliphatic rings. The average molecular weight is 296 g/mol. The van der Waals surface area contributed by atoms with Crippen molar-refractivity contribution in [3.8, 4) is 17.0 Å². The van der Waals surface area contributed by atoms with Gasteiger partial charge in [-0.15, -0.1) is 0 Å². The van der Waals surface area contributed by atoms with Crippen LogP contribution in [-0.4, -0.2) is 23.0 Å². The number of benzene rings is 1. The van der Waals surface area contributed by atoms with Crippen LogP contribution in [-0.2, 0) is 0 Å². The zero-order chi connectivity index (χ0) is 12.4. The highest BCUT2D eigenvalue weighted by Gasteiger charge is 2.11. The third-order valence-electron chi connectivity index (χ3n) is 2.26. The number of hydrogen-bond acceptors (Lipinski definition) is 3. The largest absolute Gasteiger partial charge is 0.496 e. The smallest absolute Gasteiger partial charge is 0.284 e. The SMILES string of the molecule is COc1ccc(Br)cc1-c1cnc(C(N)=O)[nH]1. The zero-order valence-electron chi connectivity index (χ0n) is 9.03. The third kappa shape index (κ3) is 2.31. The number of aromatic nitrogens is 2. The van der Waals surface area contributed by atoms with E-state index in [1.165, 1.54) is 0 Å². The van der Waals surface area contributed by atoms with Gasteiger partial charge >= 0.3 is 0 Å². The number of hydrogen-bond donors (Lipinski definition) is 2. The first-order chi connectivity index (χ1) is 8.11. The highest BCUT2D eigenvalue weighted by molar-refractivity contribution is 9.10. The summed E-state index contributed by atoms with van der Waals surface area (Å²) in [4.78, 5) is 17.7. The molecule has 1 amide bonds. The summed E-state index contributed by atoms with van der Waals surface area (Å²) < 4.78 is 6.15. The lowest BCUT2D eigenvalue weighted by Crippen LogP contribution is -2.12. The molecule has 5 nitrogen and oxygen atoms in total. The van der Waals surface area contributed by atoms with Gasteiger partial charge in [-0.3, -0.25) is 4.79 Å². The van der Waals surface area contributed by atoms with Gasteiger partial charge in [0.2, 0.25) is 0 Å². The number of amides is 1. The molecule has 2 rings (SSSR count). The van der Waals surface area contributed by atoms with E-state index in [1.807, 2.05) is 18.2 Å². The van der Waals surface area contributed by atoms with Crippen molar-refractivity contribution in [2.75, 3.05) is 7.11 Å². The molecule has 0 radical (unpaired) electrons. The van der Waals surface area contributed by atoms with Crippen molar-refractivity contribution in [1.82, 2.24) is 9.97 Å². The second-order valence-electron chi connectivity index (χ2n) is 3.35. The van der Waals surface area contributed by atoms with E-state index in [0.29, 0.717) is 11.4 Å². The lowest BCUT2D eigenvalue weighted by molar-refractivity contribution is 0.0991. The van der Waals surface area contributed by atoms with Gasteiger partial charge in [-0.2, -0.15) is 0 Å². The Morgan fingerprint density at radius 2 is 2.29 bits per heavy atom. The molecular weight excluding hydrogens is 286 g/mol. The number of H-pyrrole nitrogens is 1. The number of methoxy groups -OCH3 is 1. The number of imidazole rings is 1. The number of ether oxygens (including phenoxy) is 1. The Morgan fingerprint density at radius 1 is 1.53 bits per heavy atom. The number of aromatic amines is 1. The highest BCUT2D eigenvalue weighted by atomic mass is 79.9. The number of rotatable bonds is 3. The van der Waals surface area contributed by atoms with Crippen LogP contribution in [0.2, 0.25) is 0 Å². The summed E-state index contributed by atoms with van der Waals surface area (Å²) in [7, 11) is 1.58. The summed E-state index contributed by atoms with van der Waals surface area (Å²) in [6.45, 7) is 0. The standard InChI is InChI=1S/C11H10BrN3O2/c1-17-9-3-2-6(12)4-7(9)8-5-14-11(15-8)10(13)16/h2-5H,1H3,(H2,13,16)(H,14,15). The summed E-state index contributed by atoms with van der Waals surface area (Å²) in [5.74, 6) is 0.222. The van der Waals surface area contributed by atoms with Crippen molar-refractivity contribution in [1.29, 1.82) is 0 Å². The molecule has 17 heavy (non-hydrogen) atoms. The molecule has 1 aromatic carbocycles. The normalized spacial score (nSPS) is 10.2. The van der Waals surface area contributed by atoms with Crippen LogP contribution in [0.5, 0.6) is 5.75 Å². The van der Waals surface area contributed by atoms with Gasteiger partial charge in [-0.25, -0.2) is 4.98 Å². The molecule has 6 heteroatoms. The maximum atomic E-state index is 11.0. The van der Waals surface area contributed by atoms with E-state index in [0.717, 1.165) is 10.0 Å². The third-order valence-corrected chi connectivity index (χ3v) is 2.75. The zero-order valence-corrected chi connectivity index (χ0v) is 10.6. The number of halogens is 1. The molecule has 88 valence electrons. The summed E-state index contributed by atoms with van der Waals surface area (Å²) >= 11 is 3.38. The fraction of sp³-hybridized carbons (Fsp3) is 0.0909. The van der Waals surface area contributed by atoms with Crippen molar-refractivity contribution in [2.24, 2.45) is 5.73 Å². The van der Waals surface area contributed by atoms with Crippen molar-refractivity contribution < 1.29 is 9.53 Å². The molecule has 0 spiro atoms. The van der Waals surface area contributed by atoms with E-state index in [4.69, 9.17) is 10.5 Å². The summed E-state index contributed by atoms with van der Waals surface area (Å²) in [6, 6.07) is 5.56. The predicted molar refractivity (Wildman–Crippen MR) is 66.8 cm³/mol. The molecule has 0 aliphatic heterocycles. The van der Waals surface area contributed by atoms with Crippen LogP contribution in [0.3, 0.4) is 0 Å². The number of carbonyl (C=O) groups excluding carboxylic acids is 1. The lowest BCUT2D eigenvalue weighted by atomic mass is 10.1. The Morgan fingerprint density at radius 3 is 2.88 bits per heavy atom. The first kappa shape index (κ1) is 11.7. The van der Waals surface area contributed by atoms with Crippen LogP contribution >= 0.6 is 15.9 Å². The van der Waals surface area contributed by atoms with Gasteiger partial charge in [-0.1, -0.05) is 15.9 Å². The van der Waals surface area contributed by atoms with Crippen molar-refractivity contribution in [2.45, 2.75) is 0 Å². The van der Waals surface area contributed by atoms with Crippen molar-refractivity contribution in [3.05, 3.63) is 34.7 Å². The van der Waals surface area contributed by atoms with Crippen LogP contribution in [0, 0.1) is 0 Å². The van der Waals surface area contributed by atoms with Gasteiger partial charge in [0.25, 0.3) is 5.91 Å². The summed E-state index contributed by atoms with van der Waals surface area (Å²) in [6.07, 6.45) is 1.55. The van der Waals surface area contributed by atoms with Gasteiger partial charge in [0.15, 0.2) is 5.82 Å². The second kappa shape index (κ2) is 4.58. The van der Waals surface area contributed by atoms with E-state index in [-0.39, 0.29) is 5.82 Å². The fourth-order valence-corrected chi connectivity index (χ4v) is 1.84. The van der Waals surface area contributed by atoms with Gasteiger partial charge in [0.1, 0.15) is 5.75 Å². The van der Waals surface area contributed by atoms with Crippen molar-refractivity contribution in [3.63, 3.8) is 0 Å². The minimum absolute atomic E-state index is 0.127. The maximum absolute atomic E-state index is 11.0. The summed E-state index contributed by atoms with van der Waals surface area (Å²) in [5, 5.41) is 0. The molecule has 2 aromatic rings. The molecular formula is C11H10BrN3O2. The first-order valence-corrected chi connectivity index (χ1v) is 5.60. The van der Waals surface area contributed by atoms with Crippen LogP contribution in [0.1, 0.15) is 10.6 Å². The number of nitrogens with one attached hydrogen (secondary N) is 1. The van der Waals surface area contributed by atoms with Gasteiger partial charge in [-0.05, 0) is 18.2 Å². The average Bonchev–Trinajstić information content (AvgIpc) is 2.78. The predicted octanol–water partition coefficient (Wildman–Crippen LogP) is 1.95. The highest BCUT2D eigenvalue weighted by Crippen LogP contribution is 2.31. The minimum atomic E-state index is -0.592. The van der Waals surface area contributed by atoms with E-state index < -0.39 is 5.91 Å². The summed E-state index contributed by atoms with van der Waals surface area (Å²) in [5.41, 5.74) is 6.62. The molecule has 3 N–H and O–H groups in total. The molecule has 1 heterocycles.